The summed E-state index contributed by atoms with van der Waals surface area (Å²) in [6, 6.07) is 0. The molecule has 0 radical (unpaired) electrons. The van der Waals surface area contributed by atoms with Gasteiger partial charge in [0, 0.05) is 6.54 Å². The van der Waals surface area contributed by atoms with Crippen LogP contribution in [0, 0.1) is 34.6 Å². The van der Waals surface area contributed by atoms with E-state index < -0.39 is 10.0 Å². The summed E-state index contributed by atoms with van der Waals surface area (Å²) in [5, 5.41) is 0. The van der Waals surface area contributed by atoms with Crippen LogP contribution in [-0.4, -0.2) is 21.5 Å². The highest BCUT2D eigenvalue weighted by Gasteiger charge is 2.22. The zero-order chi connectivity index (χ0) is 15.5. The lowest BCUT2D eigenvalue weighted by atomic mass is 9.95. The van der Waals surface area contributed by atoms with Gasteiger partial charge in [0.2, 0.25) is 10.0 Å². The van der Waals surface area contributed by atoms with Gasteiger partial charge in [-0.05, 0) is 81.8 Å². The number of benzene rings is 1. The molecule has 0 saturated heterocycles. The van der Waals surface area contributed by atoms with Crippen LogP contribution in [0.4, 0.5) is 0 Å². The lowest BCUT2D eigenvalue weighted by molar-refractivity contribution is 0.575. The van der Waals surface area contributed by atoms with Crippen molar-refractivity contribution in [1.82, 2.24) is 4.72 Å². The van der Waals surface area contributed by atoms with Gasteiger partial charge in [0.15, 0.2) is 0 Å². The number of sulfonamides is 1. The van der Waals surface area contributed by atoms with Crippen LogP contribution in [0.2, 0.25) is 0 Å². The van der Waals surface area contributed by atoms with Gasteiger partial charge in [-0.3, -0.25) is 0 Å². The third-order valence-electron chi connectivity index (χ3n) is 4.12. The van der Waals surface area contributed by atoms with Crippen LogP contribution in [0.25, 0.3) is 0 Å². The van der Waals surface area contributed by atoms with Gasteiger partial charge in [-0.2, -0.15) is 0 Å². The van der Waals surface area contributed by atoms with E-state index in [1.807, 2.05) is 34.6 Å². The molecule has 4 nitrogen and oxygen atoms in total. The van der Waals surface area contributed by atoms with Crippen LogP contribution in [0.15, 0.2) is 4.90 Å². The summed E-state index contributed by atoms with van der Waals surface area (Å²) in [6.07, 6.45) is 1.59. The maximum atomic E-state index is 12.5. The quantitative estimate of drug-likeness (QED) is 0.785. The summed E-state index contributed by atoms with van der Waals surface area (Å²) in [5.74, 6) is 0. The van der Waals surface area contributed by atoms with Crippen LogP contribution in [0.5, 0.6) is 0 Å². The number of nitrogens with two attached hydrogens (primary N) is 1. The van der Waals surface area contributed by atoms with E-state index >= 15 is 0 Å². The Morgan fingerprint density at radius 3 is 1.71 bits per heavy atom. The Kier molecular flexibility index (Phi) is 7.89. The minimum Gasteiger partial charge on any atom is -0.330 e. The highest BCUT2D eigenvalue weighted by molar-refractivity contribution is 7.89. The predicted molar refractivity (Wildman–Crippen MR) is 90.9 cm³/mol. The molecule has 0 spiro atoms. The van der Waals surface area contributed by atoms with Gasteiger partial charge in [0.25, 0.3) is 0 Å². The van der Waals surface area contributed by atoms with Gasteiger partial charge in [0.1, 0.15) is 0 Å². The molecule has 0 unspecified atom stereocenters. The van der Waals surface area contributed by atoms with Crippen LogP contribution in [0.1, 0.15) is 40.7 Å². The molecule has 0 aliphatic heterocycles. The molecule has 0 aliphatic carbocycles. The van der Waals surface area contributed by atoms with E-state index in [2.05, 4.69) is 4.72 Å². The van der Waals surface area contributed by atoms with E-state index in [0.29, 0.717) is 18.0 Å². The average Bonchev–Trinajstić information content (AvgIpc) is 2.39. The van der Waals surface area contributed by atoms with E-state index in [1.165, 1.54) is 5.56 Å². The average molecular weight is 335 g/mol. The molecule has 1 aromatic rings. The fourth-order valence-corrected chi connectivity index (χ4v) is 4.09. The summed E-state index contributed by atoms with van der Waals surface area (Å²) in [4.78, 5) is 0.436. The Hall–Kier alpha value is -0.620. The highest BCUT2D eigenvalue weighted by atomic mass is 35.5. The monoisotopic (exact) mass is 334 g/mol. The second-order valence-electron chi connectivity index (χ2n) is 5.35. The first-order valence-electron chi connectivity index (χ1n) is 7.00. The molecule has 21 heavy (non-hydrogen) atoms. The molecule has 1 aromatic carbocycles. The van der Waals surface area contributed by atoms with Gasteiger partial charge >= 0.3 is 0 Å². The van der Waals surface area contributed by atoms with E-state index in [1.54, 1.807) is 0 Å². The third-order valence-corrected chi connectivity index (χ3v) is 5.86. The largest absolute Gasteiger partial charge is 0.330 e. The van der Waals surface area contributed by atoms with Gasteiger partial charge in [-0.25, -0.2) is 13.1 Å². The normalized spacial score (nSPS) is 11.3. The van der Waals surface area contributed by atoms with Crippen molar-refractivity contribution in [2.45, 2.75) is 52.4 Å². The molecule has 0 saturated carbocycles. The number of halogens is 1. The molecule has 0 fully saturated rings. The van der Waals surface area contributed by atoms with Crippen molar-refractivity contribution in [3.8, 4) is 0 Å². The second-order valence-corrected chi connectivity index (χ2v) is 7.05. The lowest BCUT2D eigenvalue weighted by Gasteiger charge is -2.19. The molecule has 0 atom stereocenters. The van der Waals surface area contributed by atoms with Gasteiger partial charge in [0.05, 0.1) is 4.90 Å². The van der Waals surface area contributed by atoms with Crippen molar-refractivity contribution in [3.63, 3.8) is 0 Å². The minimum absolute atomic E-state index is 0. The third kappa shape index (κ3) is 4.42. The van der Waals surface area contributed by atoms with Gasteiger partial charge < -0.3 is 5.73 Å². The molecule has 0 aromatic heterocycles. The Morgan fingerprint density at radius 2 is 1.29 bits per heavy atom. The Balaban J connectivity index is 0.00000400. The summed E-state index contributed by atoms with van der Waals surface area (Å²) in [7, 11) is -3.45. The number of hydrogen-bond acceptors (Lipinski definition) is 3. The molecule has 1 rings (SSSR count). The number of rotatable bonds is 6. The number of nitrogens with one attached hydrogen (secondary N) is 1. The van der Waals surface area contributed by atoms with Crippen LogP contribution in [0.3, 0.4) is 0 Å². The van der Waals surface area contributed by atoms with Crippen LogP contribution >= 0.6 is 12.4 Å². The van der Waals surface area contributed by atoms with Crippen LogP contribution in [-0.2, 0) is 10.0 Å². The topological polar surface area (TPSA) is 72.2 Å². The molecule has 122 valence electrons. The standard InChI is InChI=1S/C15H26N2O2S.ClH/c1-10-11(2)13(4)15(14(5)12(10)3)20(18,19)17-9-7-6-8-16;/h17H,6-9,16H2,1-5H3;1H. The summed E-state index contributed by atoms with van der Waals surface area (Å²) >= 11 is 0. The molecule has 0 aliphatic rings. The van der Waals surface area contributed by atoms with Crippen molar-refractivity contribution in [3.05, 3.63) is 27.8 Å². The fraction of sp³-hybridized carbons (Fsp3) is 0.600. The molecule has 0 heterocycles. The SMILES string of the molecule is Cc1c(C)c(C)c(S(=O)(=O)NCCCCN)c(C)c1C.Cl. The molecule has 0 bridgehead atoms. The Bertz CT molecular complexity index is 569. The van der Waals surface area contributed by atoms with E-state index in [0.717, 1.165) is 35.1 Å². The number of hydrogen-bond donors (Lipinski definition) is 2. The summed E-state index contributed by atoms with van der Waals surface area (Å²) < 4.78 is 27.7. The van der Waals surface area contributed by atoms with E-state index in [-0.39, 0.29) is 12.4 Å². The molecule has 3 N–H and O–H groups in total. The second kappa shape index (κ2) is 8.13. The predicted octanol–water partition coefficient (Wildman–Crippen LogP) is 2.67. The Labute approximate surface area is 135 Å². The van der Waals surface area contributed by atoms with Gasteiger partial charge in [-0.15, -0.1) is 12.4 Å². The molecule has 0 amide bonds. The van der Waals surface area contributed by atoms with Crippen molar-refractivity contribution in [2.24, 2.45) is 5.73 Å². The van der Waals surface area contributed by atoms with Crippen LogP contribution < -0.4 is 10.5 Å². The zero-order valence-corrected chi connectivity index (χ0v) is 15.2. The van der Waals surface area contributed by atoms with Crippen molar-refractivity contribution >= 4 is 22.4 Å². The molecular formula is C15H27ClN2O2S. The van der Waals surface area contributed by atoms with Crippen molar-refractivity contribution < 1.29 is 8.42 Å². The van der Waals surface area contributed by atoms with Crippen molar-refractivity contribution in [1.29, 1.82) is 0 Å². The summed E-state index contributed by atoms with van der Waals surface area (Å²) in [6.45, 7) is 10.8. The highest BCUT2D eigenvalue weighted by Crippen LogP contribution is 2.29. The number of unbranched alkanes of at least 4 members (excludes halogenated alkanes) is 1. The van der Waals surface area contributed by atoms with Gasteiger partial charge in [-0.1, -0.05) is 0 Å². The first kappa shape index (κ1) is 20.4. The summed E-state index contributed by atoms with van der Waals surface area (Å²) in [5.41, 5.74) is 10.4. The van der Waals surface area contributed by atoms with E-state index in [4.69, 9.17) is 5.73 Å². The smallest absolute Gasteiger partial charge is 0.241 e. The Morgan fingerprint density at radius 1 is 0.857 bits per heavy atom. The first-order valence-corrected chi connectivity index (χ1v) is 8.49. The molecular weight excluding hydrogens is 308 g/mol. The zero-order valence-electron chi connectivity index (χ0n) is 13.5. The lowest BCUT2D eigenvalue weighted by Crippen LogP contribution is -2.27. The molecule has 6 heteroatoms. The van der Waals surface area contributed by atoms with E-state index in [9.17, 15) is 8.42 Å². The van der Waals surface area contributed by atoms with Crippen molar-refractivity contribution in [2.75, 3.05) is 13.1 Å². The maximum absolute atomic E-state index is 12.5. The maximum Gasteiger partial charge on any atom is 0.241 e. The fourth-order valence-electron chi connectivity index (χ4n) is 2.42. The minimum atomic E-state index is -3.45. The first-order chi connectivity index (χ1) is 9.24.